The standard InChI is InChI=1S/C15H24O2/c1-4-6-15(16)13-7-5-8-14(11-13)17-10-9-12(2)3/h5,7-8,11-12,15-16H,4,6,9-10H2,1-3H3. The van der Waals surface area contributed by atoms with E-state index >= 15 is 0 Å². The number of aliphatic hydroxyl groups excluding tert-OH is 1. The zero-order valence-electron chi connectivity index (χ0n) is 11.1. The third-order valence-electron chi connectivity index (χ3n) is 2.77. The summed E-state index contributed by atoms with van der Waals surface area (Å²) < 4.78 is 5.67. The second-order valence-electron chi connectivity index (χ2n) is 4.91. The molecule has 2 nitrogen and oxygen atoms in total. The molecule has 0 aliphatic rings. The van der Waals surface area contributed by atoms with Crippen LogP contribution in [0.15, 0.2) is 24.3 Å². The van der Waals surface area contributed by atoms with E-state index in [0.29, 0.717) is 5.92 Å². The summed E-state index contributed by atoms with van der Waals surface area (Å²) in [6.07, 6.45) is 2.48. The third kappa shape index (κ3) is 5.22. The van der Waals surface area contributed by atoms with Crippen LogP contribution in [-0.4, -0.2) is 11.7 Å². The SMILES string of the molecule is CCCC(O)c1cccc(OCCC(C)C)c1. The van der Waals surface area contributed by atoms with Gasteiger partial charge >= 0.3 is 0 Å². The summed E-state index contributed by atoms with van der Waals surface area (Å²) in [7, 11) is 0. The largest absolute Gasteiger partial charge is 0.494 e. The van der Waals surface area contributed by atoms with E-state index in [1.165, 1.54) is 0 Å². The number of rotatable bonds is 7. The van der Waals surface area contributed by atoms with Crippen LogP contribution in [0.3, 0.4) is 0 Å². The second kappa shape index (κ2) is 7.33. The maximum Gasteiger partial charge on any atom is 0.119 e. The lowest BCUT2D eigenvalue weighted by atomic mass is 10.1. The summed E-state index contributed by atoms with van der Waals surface area (Å²) in [5.41, 5.74) is 0.953. The lowest BCUT2D eigenvalue weighted by Gasteiger charge is -2.12. The van der Waals surface area contributed by atoms with Gasteiger partial charge in [-0.3, -0.25) is 0 Å². The molecule has 17 heavy (non-hydrogen) atoms. The first kappa shape index (κ1) is 14.0. The first-order chi connectivity index (χ1) is 8.13. The van der Waals surface area contributed by atoms with Gasteiger partial charge in [-0.25, -0.2) is 0 Å². The Labute approximate surface area is 105 Å². The molecule has 2 heteroatoms. The number of benzene rings is 1. The molecule has 0 aliphatic heterocycles. The van der Waals surface area contributed by atoms with Gasteiger partial charge in [0.2, 0.25) is 0 Å². The van der Waals surface area contributed by atoms with Gasteiger partial charge in [0.15, 0.2) is 0 Å². The van der Waals surface area contributed by atoms with Crippen LogP contribution in [0.2, 0.25) is 0 Å². The smallest absolute Gasteiger partial charge is 0.119 e. The molecule has 0 saturated carbocycles. The molecule has 0 bridgehead atoms. The van der Waals surface area contributed by atoms with Crippen molar-refractivity contribution in [2.24, 2.45) is 5.92 Å². The first-order valence-electron chi connectivity index (χ1n) is 6.54. The maximum atomic E-state index is 9.90. The first-order valence-corrected chi connectivity index (χ1v) is 6.54. The predicted molar refractivity (Wildman–Crippen MR) is 71.3 cm³/mol. The molecule has 1 N–H and O–H groups in total. The van der Waals surface area contributed by atoms with Crippen LogP contribution < -0.4 is 4.74 Å². The van der Waals surface area contributed by atoms with E-state index in [9.17, 15) is 5.11 Å². The fraction of sp³-hybridized carbons (Fsp3) is 0.600. The highest BCUT2D eigenvalue weighted by Crippen LogP contribution is 2.22. The van der Waals surface area contributed by atoms with Crippen molar-refractivity contribution in [3.8, 4) is 5.75 Å². The topological polar surface area (TPSA) is 29.5 Å². The minimum Gasteiger partial charge on any atom is -0.494 e. The van der Waals surface area contributed by atoms with Crippen molar-refractivity contribution in [1.82, 2.24) is 0 Å². The van der Waals surface area contributed by atoms with E-state index in [2.05, 4.69) is 20.8 Å². The molecular weight excluding hydrogens is 212 g/mol. The molecule has 0 heterocycles. The molecular formula is C15H24O2. The van der Waals surface area contributed by atoms with Crippen molar-refractivity contribution in [2.45, 2.75) is 46.1 Å². The van der Waals surface area contributed by atoms with Gasteiger partial charge in [0.25, 0.3) is 0 Å². The van der Waals surface area contributed by atoms with Crippen molar-refractivity contribution in [3.63, 3.8) is 0 Å². The van der Waals surface area contributed by atoms with Gasteiger partial charge in [0.1, 0.15) is 5.75 Å². The van der Waals surface area contributed by atoms with Crippen LogP contribution in [0.1, 0.15) is 51.7 Å². The Hall–Kier alpha value is -1.02. The third-order valence-corrected chi connectivity index (χ3v) is 2.77. The summed E-state index contributed by atoms with van der Waals surface area (Å²) in [5, 5.41) is 9.90. The van der Waals surface area contributed by atoms with Gasteiger partial charge in [-0.05, 0) is 36.5 Å². The van der Waals surface area contributed by atoms with Crippen LogP contribution in [0, 0.1) is 5.92 Å². The Morgan fingerprint density at radius 3 is 2.65 bits per heavy atom. The van der Waals surface area contributed by atoms with Crippen LogP contribution >= 0.6 is 0 Å². The Morgan fingerprint density at radius 1 is 1.24 bits per heavy atom. The molecule has 1 rings (SSSR count). The molecule has 0 aromatic heterocycles. The van der Waals surface area contributed by atoms with Crippen molar-refractivity contribution in [1.29, 1.82) is 0 Å². The maximum absolute atomic E-state index is 9.90. The monoisotopic (exact) mass is 236 g/mol. The fourth-order valence-corrected chi connectivity index (χ4v) is 1.66. The van der Waals surface area contributed by atoms with Crippen molar-refractivity contribution in [2.75, 3.05) is 6.61 Å². The van der Waals surface area contributed by atoms with Gasteiger partial charge in [0, 0.05) is 0 Å². The lowest BCUT2D eigenvalue weighted by Crippen LogP contribution is -2.02. The quantitative estimate of drug-likeness (QED) is 0.777. The van der Waals surface area contributed by atoms with E-state index in [0.717, 1.165) is 37.2 Å². The number of hydrogen-bond acceptors (Lipinski definition) is 2. The van der Waals surface area contributed by atoms with Crippen molar-refractivity contribution >= 4 is 0 Å². The molecule has 1 unspecified atom stereocenters. The lowest BCUT2D eigenvalue weighted by molar-refractivity contribution is 0.166. The molecule has 0 saturated heterocycles. The number of ether oxygens (including phenoxy) is 1. The van der Waals surface area contributed by atoms with Gasteiger partial charge < -0.3 is 9.84 Å². The van der Waals surface area contributed by atoms with E-state index in [-0.39, 0.29) is 6.10 Å². The Kier molecular flexibility index (Phi) is 6.06. The normalized spacial score (nSPS) is 12.8. The summed E-state index contributed by atoms with van der Waals surface area (Å²) in [5.74, 6) is 1.52. The van der Waals surface area contributed by atoms with E-state index < -0.39 is 0 Å². The van der Waals surface area contributed by atoms with E-state index in [1.807, 2.05) is 24.3 Å². The Bertz CT molecular complexity index is 320. The van der Waals surface area contributed by atoms with Gasteiger partial charge in [-0.2, -0.15) is 0 Å². The highest BCUT2D eigenvalue weighted by atomic mass is 16.5. The Balaban J connectivity index is 2.53. The molecule has 0 radical (unpaired) electrons. The highest BCUT2D eigenvalue weighted by Gasteiger charge is 2.07. The molecule has 0 spiro atoms. The number of aliphatic hydroxyl groups is 1. The second-order valence-corrected chi connectivity index (χ2v) is 4.91. The van der Waals surface area contributed by atoms with E-state index in [1.54, 1.807) is 0 Å². The summed E-state index contributed by atoms with van der Waals surface area (Å²) in [4.78, 5) is 0. The van der Waals surface area contributed by atoms with Gasteiger partial charge in [-0.1, -0.05) is 39.3 Å². The van der Waals surface area contributed by atoms with Crippen LogP contribution in [0.4, 0.5) is 0 Å². The minimum atomic E-state index is -0.367. The van der Waals surface area contributed by atoms with Crippen molar-refractivity contribution < 1.29 is 9.84 Å². The molecule has 96 valence electrons. The molecule has 0 aliphatic carbocycles. The van der Waals surface area contributed by atoms with E-state index in [4.69, 9.17) is 4.74 Å². The molecule has 0 fully saturated rings. The number of hydrogen-bond donors (Lipinski definition) is 1. The van der Waals surface area contributed by atoms with Gasteiger partial charge in [-0.15, -0.1) is 0 Å². The van der Waals surface area contributed by atoms with Crippen molar-refractivity contribution in [3.05, 3.63) is 29.8 Å². The minimum absolute atomic E-state index is 0.367. The molecule has 1 aromatic carbocycles. The van der Waals surface area contributed by atoms with Gasteiger partial charge in [0.05, 0.1) is 12.7 Å². The summed E-state index contributed by atoms with van der Waals surface area (Å²) in [6, 6.07) is 7.79. The summed E-state index contributed by atoms with van der Waals surface area (Å²) in [6.45, 7) is 7.19. The zero-order valence-corrected chi connectivity index (χ0v) is 11.1. The predicted octanol–water partition coefficient (Wildman–Crippen LogP) is 3.95. The fourth-order valence-electron chi connectivity index (χ4n) is 1.66. The molecule has 1 aromatic rings. The summed E-state index contributed by atoms with van der Waals surface area (Å²) >= 11 is 0. The van der Waals surface area contributed by atoms with Crippen LogP contribution in [-0.2, 0) is 0 Å². The Morgan fingerprint density at radius 2 is 2.00 bits per heavy atom. The van der Waals surface area contributed by atoms with Crippen LogP contribution in [0.5, 0.6) is 5.75 Å². The molecule has 0 amide bonds. The van der Waals surface area contributed by atoms with Crippen LogP contribution in [0.25, 0.3) is 0 Å². The average molecular weight is 236 g/mol. The molecule has 1 atom stereocenters. The zero-order chi connectivity index (χ0) is 12.7. The average Bonchev–Trinajstić information content (AvgIpc) is 2.29. The highest BCUT2D eigenvalue weighted by molar-refractivity contribution is 5.29.